The van der Waals surface area contributed by atoms with E-state index in [9.17, 15) is 0 Å². The van der Waals surface area contributed by atoms with E-state index in [0.717, 1.165) is 0 Å². The van der Waals surface area contributed by atoms with Crippen LogP contribution in [0.5, 0.6) is 0 Å². The quantitative estimate of drug-likeness (QED) is 0.0908. The van der Waals surface area contributed by atoms with E-state index in [0.29, 0.717) is 0 Å². The average molecular weight is 577 g/mol. The number of rotatable bonds is 6. The molecule has 0 aliphatic rings. The summed E-state index contributed by atoms with van der Waals surface area (Å²) in [6, 6.07) is 54.2. The Kier molecular flexibility index (Phi) is 14.4. The van der Waals surface area contributed by atoms with Gasteiger partial charge in [-0.05, 0) is 62.4 Å². The van der Waals surface area contributed by atoms with Crippen LogP contribution in [-0.4, -0.2) is 0 Å². The van der Waals surface area contributed by atoms with Crippen LogP contribution in [0.15, 0.2) is 162 Å². The van der Waals surface area contributed by atoms with Crippen LogP contribution in [0.2, 0.25) is 0 Å². The molecule has 0 heterocycles. The summed E-state index contributed by atoms with van der Waals surface area (Å²) < 4.78 is 7.25. The van der Waals surface area contributed by atoms with Gasteiger partial charge in [0.15, 0.2) is 0 Å². The summed E-state index contributed by atoms with van der Waals surface area (Å²) in [7, 11) is -2.06. The summed E-state index contributed by atoms with van der Waals surface area (Å²) in [6.45, 7) is 4.75. The predicted molar refractivity (Wildman–Crippen MR) is 164 cm³/mol. The van der Waals surface area contributed by atoms with E-state index in [1.54, 1.807) is 10.6 Å². The summed E-state index contributed by atoms with van der Waals surface area (Å²) >= 11 is 0. The molecule has 38 heavy (non-hydrogen) atoms. The number of benzene rings is 4. The van der Waals surface area contributed by atoms with Crippen molar-refractivity contribution < 1.29 is 21.8 Å². The fourth-order valence-corrected chi connectivity index (χ4v) is 10.3. The Bertz CT molecular complexity index is 1150. The van der Waals surface area contributed by atoms with Gasteiger partial charge in [-0.3, -0.25) is 0 Å². The van der Waals surface area contributed by atoms with Crippen molar-refractivity contribution in [2.75, 3.05) is 0 Å². The molecule has 0 atom stereocenters. The van der Waals surface area contributed by atoms with Gasteiger partial charge >= 0.3 is 10.2 Å². The maximum absolute atomic E-state index is 7.25. The molecule has 0 aliphatic carbocycles. The molecular weight excluding hydrogens is 543 g/mol. The molecule has 1 radical (unpaired) electrons. The Morgan fingerprint density at radius 3 is 0.895 bits per heavy atom. The second kappa shape index (κ2) is 17.5. The van der Waals surface area contributed by atoms with Crippen LogP contribution in [0.3, 0.4) is 0 Å². The van der Waals surface area contributed by atoms with Crippen molar-refractivity contribution >= 4 is 37.1 Å². The van der Waals surface area contributed by atoms with Crippen molar-refractivity contribution in [1.82, 2.24) is 0 Å². The van der Waals surface area contributed by atoms with Crippen LogP contribution in [0.25, 0.3) is 0 Å². The molecule has 0 unspecified atom stereocenters. The molecular formula is C33H33MnNOP2+2. The van der Waals surface area contributed by atoms with Gasteiger partial charge in [0.2, 0.25) is 0 Å². The summed E-state index contributed by atoms with van der Waals surface area (Å²) in [4.78, 5) is 0. The van der Waals surface area contributed by atoms with E-state index in [2.05, 4.69) is 135 Å². The smallest absolute Gasteiger partial charge is 0 e. The van der Waals surface area contributed by atoms with Crippen molar-refractivity contribution in [3.63, 3.8) is 0 Å². The van der Waals surface area contributed by atoms with Gasteiger partial charge in [-0.25, -0.2) is 12.1 Å². The molecule has 0 fully saturated rings. The van der Waals surface area contributed by atoms with Gasteiger partial charge in [0, 0.05) is 17.1 Å². The second-order valence-electron chi connectivity index (χ2n) is 8.43. The first-order valence-electron chi connectivity index (χ1n) is 12.2. The molecule has 0 aromatic heterocycles. The second-order valence-corrected chi connectivity index (χ2v) is 13.7. The Morgan fingerprint density at radius 2 is 0.711 bits per heavy atom. The molecule has 0 amide bonds. The van der Waals surface area contributed by atoms with Gasteiger partial charge in [-0.1, -0.05) is 72.8 Å². The fraction of sp³-hybridized carbons (Fsp3) is 0.0606. The minimum Gasteiger partial charge on any atom is -0.214 e. The molecule has 191 valence electrons. The summed E-state index contributed by atoms with van der Waals surface area (Å²) in [5.41, 5.74) is 5.75. The van der Waals surface area contributed by atoms with Crippen LogP contribution < -0.4 is 21.2 Å². The third-order valence-electron chi connectivity index (χ3n) is 6.12. The molecule has 0 saturated heterocycles. The van der Waals surface area contributed by atoms with E-state index < -0.39 is 15.8 Å². The van der Waals surface area contributed by atoms with Crippen LogP contribution in [0.4, 0.5) is 0 Å². The predicted octanol–water partition coefficient (Wildman–Crippen LogP) is 7.27. The van der Waals surface area contributed by atoms with Gasteiger partial charge in [-0.2, -0.15) is 18.2 Å². The van der Waals surface area contributed by atoms with Crippen LogP contribution in [-0.2, 0) is 21.8 Å². The fourth-order valence-electron chi connectivity index (χ4n) is 4.31. The normalized spacial score (nSPS) is 10.7. The topological polar surface area (TPSA) is 43.7 Å². The van der Waals surface area contributed by atoms with E-state index in [1.807, 2.05) is 30.3 Å². The minimum absolute atomic E-state index is 0. The van der Waals surface area contributed by atoms with Crippen LogP contribution in [0.1, 0.15) is 13.8 Å². The zero-order valence-corrected chi connectivity index (χ0v) is 24.8. The largest absolute Gasteiger partial charge is 0.214 e. The third-order valence-corrected chi connectivity index (χ3v) is 12.3. The van der Waals surface area contributed by atoms with Gasteiger partial charge in [0.25, 0.3) is 0 Å². The van der Waals surface area contributed by atoms with Gasteiger partial charge < -0.3 is 0 Å². The Hall–Kier alpha value is -2.98. The zero-order chi connectivity index (χ0) is 26.3. The molecule has 0 saturated carbocycles. The Morgan fingerprint density at radius 1 is 0.474 bits per heavy atom. The number of hydrogen-bond acceptors (Lipinski definition) is 1. The molecule has 5 aromatic carbocycles. The maximum atomic E-state index is 7.25. The van der Waals surface area contributed by atoms with E-state index in [1.165, 1.54) is 21.2 Å². The first kappa shape index (κ1) is 31.2. The standard InChI is InChI=1S/C28H26P2.C5H5.Mn.NO/c1-23(29(25-15-7-3-8-16-25)26-17-9-4-10-18-26)24(2)30(27-19-11-5-12-20-27)28-21-13-6-14-22-28;1-2-4-5-3-1;;1-2/h3-22H,1-2H3;1-5H;;/q;-1;;+1/p+2. The maximum Gasteiger partial charge on any atom is 0 e. The summed E-state index contributed by atoms with van der Waals surface area (Å²) in [6.07, 6.45) is 0. The number of allylic oxidation sites excluding steroid dienone is 2. The van der Waals surface area contributed by atoms with Crippen molar-refractivity contribution in [3.05, 3.63) is 162 Å². The van der Waals surface area contributed by atoms with Crippen molar-refractivity contribution in [3.8, 4) is 0 Å². The SMILES string of the molecule is CC(=C(C)[PH+](c1ccccc1)c1ccccc1)[PH+](c1ccccc1)c1ccccc1.N#[O+].[Mn].c1cc[cH-]c1. The Balaban J connectivity index is 0.000000560. The van der Waals surface area contributed by atoms with Gasteiger partial charge in [-0.15, -0.1) is 0 Å². The molecule has 5 heteroatoms. The molecule has 2 nitrogen and oxygen atoms in total. The summed E-state index contributed by atoms with van der Waals surface area (Å²) in [5.74, 6) is 0. The Labute approximate surface area is 239 Å². The molecule has 5 aromatic rings. The van der Waals surface area contributed by atoms with Gasteiger partial charge in [0.1, 0.15) is 31.8 Å². The first-order chi connectivity index (χ1) is 18.3. The van der Waals surface area contributed by atoms with Crippen LogP contribution >= 0.6 is 15.8 Å². The summed E-state index contributed by atoms with van der Waals surface area (Å²) in [5, 5.41) is 8.92. The average Bonchev–Trinajstić information content (AvgIpc) is 3.57. The van der Waals surface area contributed by atoms with Crippen molar-refractivity contribution in [2.24, 2.45) is 0 Å². The van der Waals surface area contributed by atoms with E-state index in [-0.39, 0.29) is 17.1 Å². The number of nitrogens with zero attached hydrogens (tertiary/aromatic N) is 1. The molecule has 0 bridgehead atoms. The molecule has 0 aliphatic heterocycles. The molecule has 0 N–H and O–H groups in total. The molecule has 0 spiro atoms. The first-order valence-corrected chi connectivity index (χ1v) is 15.2. The van der Waals surface area contributed by atoms with Crippen molar-refractivity contribution in [2.45, 2.75) is 13.8 Å². The van der Waals surface area contributed by atoms with Gasteiger partial charge in [0.05, 0.1) is 15.8 Å². The van der Waals surface area contributed by atoms with E-state index in [4.69, 9.17) is 10.2 Å². The van der Waals surface area contributed by atoms with Crippen LogP contribution in [0, 0.1) is 5.46 Å². The monoisotopic (exact) mass is 576 g/mol. The van der Waals surface area contributed by atoms with E-state index >= 15 is 0 Å². The molecule has 5 rings (SSSR count). The minimum atomic E-state index is -1.03. The van der Waals surface area contributed by atoms with Crippen molar-refractivity contribution in [1.29, 1.82) is 5.46 Å². The zero-order valence-electron chi connectivity index (χ0n) is 21.7. The number of hydrogen-bond donors (Lipinski definition) is 0. The third kappa shape index (κ3) is 8.80.